The van der Waals surface area contributed by atoms with Crippen molar-refractivity contribution in [2.75, 3.05) is 13.2 Å². The minimum atomic E-state index is -0.751. The fraction of sp³-hybridized carbons (Fsp3) is 0.353. The molecule has 0 aromatic heterocycles. The van der Waals surface area contributed by atoms with Gasteiger partial charge in [0.2, 0.25) is 0 Å². The maximum absolute atomic E-state index is 10.5. The van der Waals surface area contributed by atoms with Crippen molar-refractivity contribution in [3.8, 4) is 0 Å². The molecule has 1 fully saturated rings. The van der Waals surface area contributed by atoms with E-state index in [1.165, 1.54) is 5.39 Å². The maximum atomic E-state index is 10.5. The van der Waals surface area contributed by atoms with Crippen molar-refractivity contribution in [1.29, 1.82) is 0 Å². The summed E-state index contributed by atoms with van der Waals surface area (Å²) in [6.45, 7) is 4.91. The van der Waals surface area contributed by atoms with E-state index in [-0.39, 0.29) is 6.61 Å². The smallest absolute Gasteiger partial charge is 0.163 e. The van der Waals surface area contributed by atoms with Crippen molar-refractivity contribution in [1.82, 2.24) is 0 Å². The van der Waals surface area contributed by atoms with Crippen LogP contribution in [-0.4, -0.2) is 48.5 Å². The van der Waals surface area contributed by atoms with Crippen molar-refractivity contribution in [2.45, 2.75) is 63.9 Å². The number of hydrogen-bond acceptors (Lipinski definition) is 6. The lowest BCUT2D eigenvalue weighted by Crippen LogP contribution is -2.51. The Morgan fingerprint density at radius 3 is 1.95 bits per heavy atom. The zero-order valence-corrected chi connectivity index (χ0v) is 23.1. The number of benzene rings is 4. The number of aliphatic hydroxyl groups excluding tert-OH is 1. The zero-order valence-electron chi connectivity index (χ0n) is 23.1. The quantitative estimate of drug-likeness (QED) is 0.222. The lowest BCUT2D eigenvalue weighted by atomic mass is 10.0. The van der Waals surface area contributed by atoms with Crippen molar-refractivity contribution in [3.63, 3.8) is 0 Å². The summed E-state index contributed by atoms with van der Waals surface area (Å²) in [6, 6.07) is 34.4. The van der Waals surface area contributed by atoms with Crippen molar-refractivity contribution < 1.29 is 28.8 Å². The van der Waals surface area contributed by atoms with Crippen molar-refractivity contribution in [3.05, 3.63) is 120 Å². The predicted octanol–water partition coefficient (Wildman–Crippen LogP) is 6.04. The average Bonchev–Trinajstić information content (AvgIpc) is 3.35. The number of fused-ring (bicyclic) bond motifs is 1. The van der Waals surface area contributed by atoms with Gasteiger partial charge in [0.1, 0.15) is 24.4 Å². The van der Waals surface area contributed by atoms with E-state index in [1.807, 2.05) is 86.6 Å². The molecular formula is C34H38O6. The summed E-state index contributed by atoms with van der Waals surface area (Å²) >= 11 is 0. The zero-order chi connectivity index (χ0) is 27.8. The van der Waals surface area contributed by atoms with E-state index in [0.717, 1.165) is 22.1 Å². The molecule has 6 heteroatoms. The Balaban J connectivity index is 1.40. The molecule has 1 N–H and O–H groups in total. The van der Waals surface area contributed by atoms with Crippen LogP contribution in [0.1, 0.15) is 30.5 Å². The van der Waals surface area contributed by atoms with Crippen LogP contribution in [-0.2, 0) is 43.5 Å². The van der Waals surface area contributed by atoms with Gasteiger partial charge in [-0.3, -0.25) is 0 Å². The van der Waals surface area contributed by atoms with E-state index < -0.39 is 30.2 Å². The van der Waals surface area contributed by atoms with Crippen LogP contribution in [0.4, 0.5) is 0 Å². The molecule has 5 rings (SSSR count). The molecule has 0 bridgehead atoms. The number of hydrogen-bond donors (Lipinski definition) is 1. The summed E-state index contributed by atoms with van der Waals surface area (Å²) in [5, 5.41) is 12.9. The minimum absolute atomic E-state index is 0.237. The van der Waals surface area contributed by atoms with E-state index in [4.69, 9.17) is 23.7 Å². The second kappa shape index (κ2) is 13.5. The van der Waals surface area contributed by atoms with Crippen LogP contribution in [0.2, 0.25) is 0 Å². The summed E-state index contributed by atoms with van der Waals surface area (Å²) in [5.41, 5.74) is 3.07. The Kier molecular flexibility index (Phi) is 9.60. The first-order chi connectivity index (χ1) is 19.5. The lowest BCUT2D eigenvalue weighted by molar-refractivity contribution is -0.205. The Labute approximate surface area is 236 Å². The number of ether oxygens (including phenoxy) is 5. The summed E-state index contributed by atoms with van der Waals surface area (Å²) in [7, 11) is 0. The fourth-order valence-corrected chi connectivity index (χ4v) is 5.02. The molecule has 0 spiro atoms. The van der Waals surface area contributed by atoms with Crippen LogP contribution in [0.15, 0.2) is 103 Å². The normalized spacial score (nSPS) is 18.9. The molecule has 0 radical (unpaired) electrons. The topological polar surface area (TPSA) is 66.4 Å². The van der Waals surface area contributed by atoms with Gasteiger partial charge in [-0.25, -0.2) is 0 Å². The third-order valence-electron chi connectivity index (χ3n) is 7.12. The Bertz CT molecular complexity index is 1330. The number of rotatable bonds is 13. The second-order valence-electron chi connectivity index (χ2n) is 10.6. The highest BCUT2D eigenvalue weighted by atomic mass is 16.8. The van der Waals surface area contributed by atoms with E-state index >= 15 is 0 Å². The molecular weight excluding hydrogens is 504 g/mol. The van der Waals surface area contributed by atoms with Gasteiger partial charge in [0.15, 0.2) is 5.79 Å². The summed E-state index contributed by atoms with van der Waals surface area (Å²) in [6.07, 6.45) is -2.26. The molecule has 4 atom stereocenters. The largest absolute Gasteiger partial charge is 0.394 e. The average molecular weight is 543 g/mol. The summed E-state index contributed by atoms with van der Waals surface area (Å²) in [5.74, 6) is -0.751. The first-order valence-corrected chi connectivity index (χ1v) is 13.8. The van der Waals surface area contributed by atoms with Gasteiger partial charge < -0.3 is 28.8 Å². The first-order valence-electron chi connectivity index (χ1n) is 13.8. The van der Waals surface area contributed by atoms with E-state index in [2.05, 4.69) is 30.3 Å². The third-order valence-corrected chi connectivity index (χ3v) is 7.12. The highest BCUT2D eigenvalue weighted by Crippen LogP contribution is 2.30. The van der Waals surface area contributed by atoms with Gasteiger partial charge in [-0.1, -0.05) is 97.1 Å². The summed E-state index contributed by atoms with van der Waals surface area (Å²) < 4.78 is 31.7. The SMILES string of the molecule is CC1(C)OC[C@H]([C@@H](OCc2ccc3ccccc3c2)[C@@H](OCc2ccccc2)[C@H](CO)OCc2ccccc2)O1. The molecule has 4 aromatic rings. The third kappa shape index (κ3) is 7.55. The summed E-state index contributed by atoms with van der Waals surface area (Å²) in [4.78, 5) is 0. The molecule has 0 saturated carbocycles. The van der Waals surface area contributed by atoms with Gasteiger partial charge in [0.05, 0.1) is 33.0 Å². The Morgan fingerprint density at radius 1 is 0.725 bits per heavy atom. The Morgan fingerprint density at radius 2 is 1.32 bits per heavy atom. The molecule has 0 amide bonds. The van der Waals surface area contributed by atoms with Gasteiger partial charge >= 0.3 is 0 Å². The van der Waals surface area contributed by atoms with Crippen LogP contribution < -0.4 is 0 Å². The van der Waals surface area contributed by atoms with Crippen molar-refractivity contribution >= 4 is 10.8 Å². The monoisotopic (exact) mass is 542 g/mol. The molecule has 0 unspecified atom stereocenters. The van der Waals surface area contributed by atoms with Crippen LogP contribution in [0.5, 0.6) is 0 Å². The van der Waals surface area contributed by atoms with Crippen LogP contribution >= 0.6 is 0 Å². The van der Waals surface area contributed by atoms with Gasteiger partial charge in [0, 0.05) is 0 Å². The first kappa shape index (κ1) is 28.4. The molecule has 4 aromatic carbocycles. The standard InChI is InChI=1S/C34H38O6/c1-34(2)39-24-31(40-34)33(38-23-27-17-18-28-15-9-10-16-29(28)19-27)32(37-22-26-13-7-4-8-14-26)30(20-35)36-21-25-11-5-3-6-12-25/h3-19,30-33,35H,20-24H2,1-2H3/t30-,31+,32-,33+/m0/s1. The molecule has 1 heterocycles. The highest BCUT2D eigenvalue weighted by Gasteiger charge is 2.44. The Hall–Kier alpha value is -3.10. The van der Waals surface area contributed by atoms with Gasteiger partial charge in [-0.15, -0.1) is 0 Å². The molecule has 1 aliphatic heterocycles. The van der Waals surface area contributed by atoms with Crippen LogP contribution in [0.25, 0.3) is 10.8 Å². The fourth-order valence-electron chi connectivity index (χ4n) is 5.02. The van der Waals surface area contributed by atoms with E-state index in [9.17, 15) is 5.11 Å². The van der Waals surface area contributed by atoms with Crippen LogP contribution in [0.3, 0.4) is 0 Å². The van der Waals surface area contributed by atoms with Crippen LogP contribution in [0, 0.1) is 0 Å². The minimum Gasteiger partial charge on any atom is -0.394 e. The highest BCUT2D eigenvalue weighted by molar-refractivity contribution is 5.82. The predicted molar refractivity (Wildman–Crippen MR) is 155 cm³/mol. The van der Waals surface area contributed by atoms with Gasteiger partial charge in [0.25, 0.3) is 0 Å². The molecule has 1 aliphatic rings. The molecule has 0 aliphatic carbocycles. The molecule has 1 saturated heterocycles. The molecule has 40 heavy (non-hydrogen) atoms. The molecule has 6 nitrogen and oxygen atoms in total. The van der Waals surface area contributed by atoms with Gasteiger partial charge in [-0.2, -0.15) is 0 Å². The maximum Gasteiger partial charge on any atom is 0.163 e. The van der Waals surface area contributed by atoms with E-state index in [0.29, 0.717) is 26.4 Å². The lowest BCUT2D eigenvalue weighted by Gasteiger charge is -2.35. The van der Waals surface area contributed by atoms with E-state index in [1.54, 1.807) is 0 Å². The van der Waals surface area contributed by atoms with Crippen molar-refractivity contribution in [2.24, 2.45) is 0 Å². The second-order valence-corrected chi connectivity index (χ2v) is 10.6. The molecule has 210 valence electrons. The van der Waals surface area contributed by atoms with Gasteiger partial charge in [-0.05, 0) is 47.4 Å². The number of aliphatic hydroxyl groups is 1.